The van der Waals surface area contributed by atoms with Gasteiger partial charge in [0.1, 0.15) is 17.7 Å². The van der Waals surface area contributed by atoms with Crippen LogP contribution in [-0.4, -0.2) is 23.6 Å². The van der Waals surface area contributed by atoms with Gasteiger partial charge in [-0.05, 0) is 19.1 Å². The molecule has 6 heteroatoms. The van der Waals surface area contributed by atoms with Crippen LogP contribution in [0.15, 0.2) is 24.3 Å². The van der Waals surface area contributed by atoms with Gasteiger partial charge in [-0.15, -0.1) is 0 Å². The van der Waals surface area contributed by atoms with Gasteiger partial charge >= 0.3 is 5.97 Å². The van der Waals surface area contributed by atoms with Crippen molar-refractivity contribution in [1.29, 1.82) is 5.26 Å². The van der Waals surface area contributed by atoms with E-state index in [2.05, 4.69) is 5.32 Å². The summed E-state index contributed by atoms with van der Waals surface area (Å²) in [6.07, 6.45) is 0. The standard InChI is InChI=1S/C12H12N2O4/c1-8(12(16)17)11(15)14-9-3-2-4-10(7-9)18-6-5-13/h2-4,7-8H,6H2,1H3,(H,14,15)(H,16,17). The topological polar surface area (TPSA) is 99.4 Å². The Kier molecular flexibility index (Phi) is 4.69. The summed E-state index contributed by atoms with van der Waals surface area (Å²) in [5, 5.41) is 19.5. The zero-order valence-electron chi connectivity index (χ0n) is 9.71. The average molecular weight is 248 g/mol. The van der Waals surface area contributed by atoms with Crippen LogP contribution >= 0.6 is 0 Å². The first-order valence-electron chi connectivity index (χ1n) is 5.18. The smallest absolute Gasteiger partial charge is 0.315 e. The summed E-state index contributed by atoms with van der Waals surface area (Å²) in [6.45, 7) is 1.20. The summed E-state index contributed by atoms with van der Waals surface area (Å²) in [5.41, 5.74) is 0.420. The van der Waals surface area contributed by atoms with Crippen molar-refractivity contribution in [3.8, 4) is 11.8 Å². The zero-order chi connectivity index (χ0) is 13.5. The Morgan fingerprint density at radius 3 is 2.89 bits per heavy atom. The van der Waals surface area contributed by atoms with Crippen molar-refractivity contribution in [2.45, 2.75) is 6.92 Å². The first kappa shape index (κ1) is 13.5. The highest BCUT2D eigenvalue weighted by Crippen LogP contribution is 2.17. The van der Waals surface area contributed by atoms with Crippen molar-refractivity contribution in [2.75, 3.05) is 11.9 Å². The van der Waals surface area contributed by atoms with E-state index in [-0.39, 0.29) is 6.61 Å². The number of benzene rings is 1. The highest BCUT2D eigenvalue weighted by Gasteiger charge is 2.20. The molecule has 1 amide bonds. The molecule has 6 nitrogen and oxygen atoms in total. The molecule has 1 aromatic carbocycles. The van der Waals surface area contributed by atoms with E-state index in [0.717, 1.165) is 0 Å². The number of nitriles is 1. The summed E-state index contributed by atoms with van der Waals surface area (Å²) >= 11 is 0. The highest BCUT2D eigenvalue weighted by atomic mass is 16.5. The van der Waals surface area contributed by atoms with Crippen LogP contribution in [0, 0.1) is 17.2 Å². The van der Waals surface area contributed by atoms with E-state index in [1.165, 1.54) is 13.0 Å². The lowest BCUT2D eigenvalue weighted by Gasteiger charge is -2.09. The number of nitrogens with one attached hydrogen (secondary N) is 1. The summed E-state index contributed by atoms with van der Waals surface area (Å²) in [5.74, 6) is -2.50. The summed E-state index contributed by atoms with van der Waals surface area (Å²) < 4.78 is 5.06. The summed E-state index contributed by atoms with van der Waals surface area (Å²) in [4.78, 5) is 22.1. The van der Waals surface area contributed by atoms with Crippen LogP contribution in [-0.2, 0) is 9.59 Å². The maximum absolute atomic E-state index is 11.5. The molecule has 0 fully saturated rings. The van der Waals surface area contributed by atoms with Crippen LogP contribution in [0.25, 0.3) is 0 Å². The zero-order valence-corrected chi connectivity index (χ0v) is 9.71. The van der Waals surface area contributed by atoms with E-state index in [4.69, 9.17) is 15.1 Å². The predicted molar refractivity (Wildman–Crippen MR) is 63.0 cm³/mol. The number of carbonyl (C=O) groups excluding carboxylic acids is 1. The van der Waals surface area contributed by atoms with Crippen molar-refractivity contribution < 1.29 is 19.4 Å². The first-order valence-corrected chi connectivity index (χ1v) is 5.18. The second-order valence-electron chi connectivity index (χ2n) is 3.52. The highest BCUT2D eigenvalue weighted by molar-refractivity contribution is 6.03. The van der Waals surface area contributed by atoms with Crippen molar-refractivity contribution in [2.24, 2.45) is 5.92 Å². The Morgan fingerprint density at radius 1 is 1.56 bits per heavy atom. The lowest BCUT2D eigenvalue weighted by molar-refractivity contribution is -0.144. The van der Waals surface area contributed by atoms with Gasteiger partial charge in [-0.3, -0.25) is 9.59 Å². The van der Waals surface area contributed by atoms with Crippen LogP contribution in [0.2, 0.25) is 0 Å². The molecule has 1 rings (SSSR count). The van der Waals surface area contributed by atoms with Crippen LogP contribution < -0.4 is 10.1 Å². The van der Waals surface area contributed by atoms with E-state index in [1.54, 1.807) is 18.2 Å². The number of nitrogens with zero attached hydrogens (tertiary/aromatic N) is 1. The predicted octanol–water partition coefficient (Wildman–Crippen LogP) is 1.25. The first-order chi connectivity index (χ1) is 8.54. The molecule has 94 valence electrons. The number of aliphatic carboxylic acids is 1. The third kappa shape index (κ3) is 3.79. The van der Waals surface area contributed by atoms with Crippen LogP contribution in [0.3, 0.4) is 0 Å². The SMILES string of the molecule is CC(C(=O)O)C(=O)Nc1cccc(OCC#N)c1. The number of carboxylic acids is 1. The Bertz CT molecular complexity index is 493. The molecule has 0 saturated heterocycles. The number of rotatable bonds is 5. The third-order valence-electron chi connectivity index (χ3n) is 2.17. The van der Waals surface area contributed by atoms with Crippen LogP contribution in [0.5, 0.6) is 5.75 Å². The third-order valence-corrected chi connectivity index (χ3v) is 2.17. The molecule has 1 aromatic rings. The van der Waals surface area contributed by atoms with Crippen LogP contribution in [0.4, 0.5) is 5.69 Å². The minimum Gasteiger partial charge on any atom is -0.481 e. The van der Waals surface area contributed by atoms with Gasteiger partial charge in [0.05, 0.1) is 0 Å². The fraction of sp³-hybridized carbons (Fsp3) is 0.250. The van der Waals surface area contributed by atoms with E-state index < -0.39 is 17.8 Å². The van der Waals surface area contributed by atoms with Gasteiger partial charge in [0.25, 0.3) is 0 Å². The number of carboxylic acid groups (broad SMARTS) is 1. The number of amides is 1. The molecule has 18 heavy (non-hydrogen) atoms. The van der Waals surface area contributed by atoms with E-state index >= 15 is 0 Å². The second-order valence-corrected chi connectivity index (χ2v) is 3.52. The van der Waals surface area contributed by atoms with Gasteiger partial charge in [-0.1, -0.05) is 6.07 Å². The maximum atomic E-state index is 11.5. The average Bonchev–Trinajstić information content (AvgIpc) is 2.35. The van der Waals surface area contributed by atoms with Crippen molar-refractivity contribution >= 4 is 17.6 Å². The second kappa shape index (κ2) is 6.25. The molecule has 0 spiro atoms. The number of ether oxygens (including phenoxy) is 1. The minimum absolute atomic E-state index is 0.0943. The molecule has 0 saturated carbocycles. The van der Waals surface area contributed by atoms with Gasteiger partial charge in [0, 0.05) is 11.8 Å². The lowest BCUT2D eigenvalue weighted by atomic mass is 10.1. The van der Waals surface area contributed by atoms with E-state index in [0.29, 0.717) is 11.4 Å². The molecule has 0 aliphatic heterocycles. The monoisotopic (exact) mass is 248 g/mol. The Hall–Kier alpha value is -2.55. The van der Waals surface area contributed by atoms with Crippen molar-refractivity contribution in [1.82, 2.24) is 0 Å². The Labute approximate surface area is 104 Å². The van der Waals surface area contributed by atoms with E-state index in [9.17, 15) is 9.59 Å². The number of carbonyl (C=O) groups is 2. The van der Waals surface area contributed by atoms with Gasteiger partial charge in [-0.25, -0.2) is 0 Å². The summed E-state index contributed by atoms with van der Waals surface area (Å²) in [7, 11) is 0. The number of anilines is 1. The van der Waals surface area contributed by atoms with E-state index in [1.807, 2.05) is 6.07 Å². The normalized spacial score (nSPS) is 11.1. The molecule has 0 aliphatic rings. The molecular formula is C12H12N2O4. The molecule has 1 unspecified atom stereocenters. The molecule has 0 bridgehead atoms. The summed E-state index contributed by atoms with van der Waals surface area (Å²) in [6, 6.07) is 8.21. The minimum atomic E-state index is -1.19. The number of hydrogen-bond donors (Lipinski definition) is 2. The number of hydrogen-bond acceptors (Lipinski definition) is 4. The molecular weight excluding hydrogens is 236 g/mol. The lowest BCUT2D eigenvalue weighted by Crippen LogP contribution is -2.26. The van der Waals surface area contributed by atoms with Gasteiger partial charge in [-0.2, -0.15) is 5.26 Å². The van der Waals surface area contributed by atoms with Crippen molar-refractivity contribution in [3.05, 3.63) is 24.3 Å². The van der Waals surface area contributed by atoms with Gasteiger partial charge in [0.2, 0.25) is 5.91 Å². The Balaban J connectivity index is 2.70. The maximum Gasteiger partial charge on any atom is 0.315 e. The van der Waals surface area contributed by atoms with Crippen molar-refractivity contribution in [3.63, 3.8) is 0 Å². The molecule has 0 aromatic heterocycles. The largest absolute Gasteiger partial charge is 0.481 e. The fourth-order valence-electron chi connectivity index (χ4n) is 1.14. The van der Waals surface area contributed by atoms with Gasteiger partial charge in [0.15, 0.2) is 6.61 Å². The van der Waals surface area contributed by atoms with Gasteiger partial charge < -0.3 is 15.2 Å². The molecule has 1 atom stereocenters. The molecule has 0 radical (unpaired) electrons. The fourth-order valence-corrected chi connectivity index (χ4v) is 1.14. The van der Waals surface area contributed by atoms with Crippen LogP contribution in [0.1, 0.15) is 6.92 Å². The molecule has 0 heterocycles. The quantitative estimate of drug-likeness (QED) is 0.764. The molecule has 0 aliphatic carbocycles. The molecule has 2 N–H and O–H groups in total. The Morgan fingerprint density at radius 2 is 2.28 bits per heavy atom.